The Morgan fingerprint density at radius 1 is 0.667 bits per heavy atom. The van der Waals surface area contributed by atoms with Crippen LogP contribution in [-0.2, 0) is 4.79 Å². The highest BCUT2D eigenvalue weighted by atomic mass is 16.2. The summed E-state index contributed by atoms with van der Waals surface area (Å²) in [5, 5.41) is 5.39. The summed E-state index contributed by atoms with van der Waals surface area (Å²) in [4.78, 5) is 49.0. The first-order chi connectivity index (χ1) is 15.9. The van der Waals surface area contributed by atoms with Crippen LogP contribution < -0.4 is 21.5 Å². The number of hydrogen-bond acceptors (Lipinski definition) is 4. The first-order valence-corrected chi connectivity index (χ1v) is 10.3. The lowest BCUT2D eigenvalue weighted by atomic mass is 10.1. The highest BCUT2D eigenvalue weighted by Crippen LogP contribution is 2.16. The van der Waals surface area contributed by atoms with Crippen molar-refractivity contribution in [1.82, 2.24) is 16.2 Å². The number of hydrogen-bond donors (Lipinski definition) is 4. The molecule has 0 unspecified atom stereocenters. The fourth-order valence-corrected chi connectivity index (χ4v) is 2.92. The van der Waals surface area contributed by atoms with Gasteiger partial charge in [-0.05, 0) is 43.3 Å². The van der Waals surface area contributed by atoms with E-state index >= 15 is 0 Å². The van der Waals surface area contributed by atoms with Crippen molar-refractivity contribution in [3.05, 3.63) is 101 Å². The maximum atomic E-state index is 12.6. The Kier molecular flexibility index (Phi) is 7.91. The van der Waals surface area contributed by atoms with Gasteiger partial charge in [-0.1, -0.05) is 48.0 Å². The van der Waals surface area contributed by atoms with Crippen molar-refractivity contribution in [2.75, 3.05) is 11.9 Å². The molecule has 0 aliphatic heterocycles. The molecule has 0 atom stereocenters. The molecule has 8 nitrogen and oxygen atoms in total. The number of hydrazine groups is 1. The number of aryl methyl sites for hydroxylation is 1. The van der Waals surface area contributed by atoms with Crippen LogP contribution in [0.3, 0.4) is 0 Å². The summed E-state index contributed by atoms with van der Waals surface area (Å²) in [6.45, 7) is 1.98. The molecule has 0 saturated carbocycles. The van der Waals surface area contributed by atoms with Crippen molar-refractivity contribution in [2.45, 2.75) is 13.3 Å². The van der Waals surface area contributed by atoms with Gasteiger partial charge in [-0.3, -0.25) is 30.0 Å². The number of amides is 4. The van der Waals surface area contributed by atoms with Gasteiger partial charge in [-0.15, -0.1) is 0 Å². The van der Waals surface area contributed by atoms with Crippen molar-refractivity contribution in [2.24, 2.45) is 0 Å². The normalized spacial score (nSPS) is 10.1. The van der Waals surface area contributed by atoms with E-state index < -0.39 is 17.7 Å². The van der Waals surface area contributed by atoms with Crippen LogP contribution in [0.4, 0.5) is 5.69 Å². The number of benzene rings is 3. The molecule has 8 heteroatoms. The van der Waals surface area contributed by atoms with Crippen molar-refractivity contribution in [1.29, 1.82) is 0 Å². The number of anilines is 1. The van der Waals surface area contributed by atoms with Gasteiger partial charge in [-0.25, -0.2) is 0 Å². The van der Waals surface area contributed by atoms with Crippen molar-refractivity contribution >= 4 is 29.3 Å². The maximum absolute atomic E-state index is 12.6. The average molecular weight is 444 g/mol. The van der Waals surface area contributed by atoms with Crippen LogP contribution in [0.15, 0.2) is 78.9 Å². The van der Waals surface area contributed by atoms with Gasteiger partial charge in [0.1, 0.15) is 0 Å². The van der Waals surface area contributed by atoms with E-state index in [1.54, 1.807) is 66.7 Å². The number of nitrogens with one attached hydrogen (secondary N) is 4. The molecule has 0 fully saturated rings. The zero-order valence-corrected chi connectivity index (χ0v) is 18.1. The molecule has 0 aromatic heterocycles. The van der Waals surface area contributed by atoms with Crippen LogP contribution in [0.2, 0.25) is 0 Å². The highest BCUT2D eigenvalue weighted by Gasteiger charge is 2.14. The number of carbonyl (C=O) groups is 4. The van der Waals surface area contributed by atoms with Gasteiger partial charge < -0.3 is 10.6 Å². The third-order valence-electron chi connectivity index (χ3n) is 4.72. The fraction of sp³-hybridized carbons (Fsp3) is 0.120. The van der Waals surface area contributed by atoms with Gasteiger partial charge in [0, 0.05) is 24.1 Å². The topological polar surface area (TPSA) is 116 Å². The van der Waals surface area contributed by atoms with Crippen LogP contribution in [-0.4, -0.2) is 30.2 Å². The smallest absolute Gasteiger partial charge is 0.269 e. The minimum absolute atomic E-state index is 0.0430. The third-order valence-corrected chi connectivity index (χ3v) is 4.72. The van der Waals surface area contributed by atoms with E-state index in [0.29, 0.717) is 16.8 Å². The SMILES string of the molecule is Cc1ccc(C(=O)Nc2ccccc2C(=O)NCCC(=O)NNC(=O)c2ccccc2)cc1. The zero-order valence-electron chi connectivity index (χ0n) is 18.1. The second-order valence-electron chi connectivity index (χ2n) is 7.24. The van der Waals surface area contributed by atoms with Gasteiger partial charge in [0.2, 0.25) is 5.91 Å². The van der Waals surface area contributed by atoms with Gasteiger partial charge >= 0.3 is 0 Å². The Hall–Kier alpha value is -4.46. The third kappa shape index (κ3) is 6.76. The average Bonchev–Trinajstić information content (AvgIpc) is 2.83. The predicted octanol–water partition coefficient (Wildman–Crippen LogP) is 2.83. The lowest BCUT2D eigenvalue weighted by molar-refractivity contribution is -0.121. The standard InChI is InChI=1S/C25H24N4O4/c1-17-11-13-19(14-12-17)23(31)27-21-10-6-5-9-20(21)25(33)26-16-15-22(30)28-29-24(32)18-7-3-2-4-8-18/h2-14H,15-16H2,1H3,(H,26,33)(H,27,31)(H,28,30)(H,29,32). The van der Waals surface area contributed by atoms with Crippen LogP contribution in [0.5, 0.6) is 0 Å². The molecule has 0 bridgehead atoms. The molecule has 0 aliphatic carbocycles. The Morgan fingerprint density at radius 2 is 1.30 bits per heavy atom. The predicted molar refractivity (Wildman–Crippen MR) is 125 cm³/mol. The van der Waals surface area contributed by atoms with Gasteiger partial charge in [-0.2, -0.15) is 0 Å². The van der Waals surface area contributed by atoms with Crippen molar-refractivity contribution < 1.29 is 19.2 Å². The first kappa shape index (κ1) is 23.2. The van der Waals surface area contributed by atoms with Crippen LogP contribution in [0, 0.1) is 6.92 Å². The van der Waals surface area contributed by atoms with Crippen LogP contribution >= 0.6 is 0 Å². The number of rotatable bonds is 7. The molecule has 33 heavy (non-hydrogen) atoms. The molecule has 4 amide bonds. The Labute approximate surface area is 191 Å². The molecule has 3 rings (SSSR count). The summed E-state index contributed by atoms with van der Waals surface area (Å²) in [6, 6.07) is 22.2. The molecular formula is C25H24N4O4. The summed E-state index contributed by atoms with van der Waals surface area (Å²) < 4.78 is 0. The minimum Gasteiger partial charge on any atom is -0.351 e. The van der Waals surface area contributed by atoms with Crippen LogP contribution in [0.25, 0.3) is 0 Å². The lowest BCUT2D eigenvalue weighted by Crippen LogP contribution is -2.42. The number of para-hydroxylation sites is 1. The fourth-order valence-electron chi connectivity index (χ4n) is 2.92. The highest BCUT2D eigenvalue weighted by molar-refractivity contribution is 6.09. The molecule has 168 valence electrons. The monoisotopic (exact) mass is 444 g/mol. The van der Waals surface area contributed by atoms with Crippen molar-refractivity contribution in [3.8, 4) is 0 Å². The molecule has 0 saturated heterocycles. The largest absolute Gasteiger partial charge is 0.351 e. The van der Waals surface area contributed by atoms with E-state index in [4.69, 9.17) is 0 Å². The Balaban J connectivity index is 1.49. The quantitative estimate of drug-likeness (QED) is 0.419. The second-order valence-corrected chi connectivity index (χ2v) is 7.24. The molecule has 0 heterocycles. The summed E-state index contributed by atoms with van der Waals surface area (Å²) in [6.07, 6.45) is -0.0430. The first-order valence-electron chi connectivity index (χ1n) is 10.3. The van der Waals surface area contributed by atoms with Crippen LogP contribution in [0.1, 0.15) is 43.1 Å². The molecule has 3 aromatic rings. The van der Waals surface area contributed by atoms with Gasteiger partial charge in [0.05, 0.1) is 11.3 Å². The minimum atomic E-state index is -0.458. The second kappa shape index (κ2) is 11.2. The van der Waals surface area contributed by atoms with E-state index in [9.17, 15) is 19.2 Å². The summed E-state index contributed by atoms with van der Waals surface area (Å²) in [5.41, 5.74) is 7.19. The lowest BCUT2D eigenvalue weighted by Gasteiger charge is -2.12. The van der Waals surface area contributed by atoms with Crippen molar-refractivity contribution in [3.63, 3.8) is 0 Å². The Morgan fingerprint density at radius 3 is 2.03 bits per heavy atom. The van der Waals surface area contributed by atoms with E-state index in [-0.39, 0.29) is 24.4 Å². The molecule has 0 aliphatic rings. The molecule has 3 aromatic carbocycles. The van der Waals surface area contributed by atoms with E-state index in [1.165, 1.54) is 0 Å². The van der Waals surface area contributed by atoms with E-state index in [2.05, 4.69) is 21.5 Å². The molecule has 4 N–H and O–H groups in total. The summed E-state index contributed by atoms with van der Waals surface area (Å²) in [5.74, 6) is -1.66. The van der Waals surface area contributed by atoms with E-state index in [0.717, 1.165) is 5.56 Å². The molecular weight excluding hydrogens is 420 g/mol. The zero-order chi connectivity index (χ0) is 23.6. The number of carbonyl (C=O) groups excluding carboxylic acids is 4. The van der Waals surface area contributed by atoms with Gasteiger partial charge in [0.25, 0.3) is 17.7 Å². The maximum Gasteiger partial charge on any atom is 0.269 e. The Bertz CT molecular complexity index is 1140. The summed E-state index contributed by atoms with van der Waals surface area (Å²) in [7, 11) is 0. The van der Waals surface area contributed by atoms with E-state index in [1.807, 2.05) is 19.1 Å². The van der Waals surface area contributed by atoms with Gasteiger partial charge in [0.15, 0.2) is 0 Å². The molecule has 0 spiro atoms. The summed E-state index contributed by atoms with van der Waals surface area (Å²) >= 11 is 0. The molecule has 0 radical (unpaired) electrons.